The number of halogens is 2. The van der Waals surface area contributed by atoms with Crippen molar-refractivity contribution in [1.29, 1.82) is 0 Å². The summed E-state index contributed by atoms with van der Waals surface area (Å²) in [6, 6.07) is 4.70. The zero-order chi connectivity index (χ0) is 16.8. The summed E-state index contributed by atoms with van der Waals surface area (Å²) >= 11 is 11.1. The summed E-state index contributed by atoms with van der Waals surface area (Å²) in [5.74, 6) is 10.4. The van der Waals surface area contributed by atoms with Gasteiger partial charge in [-0.25, -0.2) is 0 Å². The van der Waals surface area contributed by atoms with Crippen LogP contribution in [0.4, 0.5) is 0 Å². The normalized spacial score (nSPS) is 33.0. The van der Waals surface area contributed by atoms with E-state index in [2.05, 4.69) is 11.8 Å². The van der Waals surface area contributed by atoms with Gasteiger partial charge in [-0.3, -0.25) is 9.59 Å². The fraction of sp³-hybridized carbons (Fsp3) is 0.500. The molecule has 4 aliphatic carbocycles. The van der Waals surface area contributed by atoms with Gasteiger partial charge in [0.05, 0.1) is 0 Å². The Balaban J connectivity index is 1.63. The molecular weight excluding hydrogens is 343 g/mol. The van der Waals surface area contributed by atoms with Gasteiger partial charge in [0.2, 0.25) is 0 Å². The molecule has 0 saturated heterocycles. The Morgan fingerprint density at radius 1 is 0.833 bits per heavy atom. The van der Waals surface area contributed by atoms with Crippen molar-refractivity contribution in [1.82, 2.24) is 0 Å². The molecule has 1 aromatic carbocycles. The van der Waals surface area contributed by atoms with Gasteiger partial charge in [0.25, 0.3) is 10.5 Å². The van der Waals surface area contributed by atoms with Crippen LogP contribution < -0.4 is 0 Å². The van der Waals surface area contributed by atoms with Crippen molar-refractivity contribution >= 4 is 33.7 Å². The summed E-state index contributed by atoms with van der Waals surface area (Å²) < 4.78 is 0. The van der Waals surface area contributed by atoms with E-state index in [0.29, 0.717) is 11.5 Å². The van der Waals surface area contributed by atoms with E-state index in [9.17, 15) is 9.59 Å². The predicted molar refractivity (Wildman–Crippen MR) is 94.2 cm³/mol. The monoisotopic (exact) mass is 360 g/mol. The smallest absolute Gasteiger partial charge is 0.252 e. The standard InChI is InChI=1S/C20H18Cl2O2/c21-19(23)16-4-11(5-17(10-16)20(22)24)1-2-18-14-6-12-3-13(8-14)9-15(18)7-12/h4-5,10,12-15,18H,3,6-9H2. The van der Waals surface area contributed by atoms with Crippen molar-refractivity contribution < 1.29 is 9.59 Å². The van der Waals surface area contributed by atoms with Crippen LogP contribution in [0.5, 0.6) is 0 Å². The van der Waals surface area contributed by atoms with Crippen molar-refractivity contribution in [3.8, 4) is 11.8 Å². The lowest BCUT2D eigenvalue weighted by Gasteiger charge is -2.52. The Hall–Kier alpha value is -1.30. The lowest BCUT2D eigenvalue weighted by molar-refractivity contribution is -0.0122. The van der Waals surface area contributed by atoms with Crippen LogP contribution in [0.25, 0.3) is 0 Å². The summed E-state index contributed by atoms with van der Waals surface area (Å²) in [6.45, 7) is 0. The average Bonchev–Trinajstić information content (AvgIpc) is 2.53. The topological polar surface area (TPSA) is 34.1 Å². The zero-order valence-corrected chi connectivity index (χ0v) is 14.7. The summed E-state index contributed by atoms with van der Waals surface area (Å²) in [7, 11) is 0. The van der Waals surface area contributed by atoms with Gasteiger partial charge in [-0.1, -0.05) is 11.8 Å². The molecule has 0 radical (unpaired) electrons. The van der Waals surface area contributed by atoms with Crippen molar-refractivity contribution in [3.63, 3.8) is 0 Å². The molecule has 0 heterocycles. The maximum atomic E-state index is 11.4. The van der Waals surface area contributed by atoms with Crippen molar-refractivity contribution in [2.75, 3.05) is 0 Å². The van der Waals surface area contributed by atoms with Crippen LogP contribution in [0.2, 0.25) is 0 Å². The van der Waals surface area contributed by atoms with E-state index >= 15 is 0 Å². The van der Waals surface area contributed by atoms with Crippen LogP contribution >= 0.6 is 23.2 Å². The van der Waals surface area contributed by atoms with E-state index in [1.807, 2.05) is 0 Å². The number of benzene rings is 1. The van der Waals surface area contributed by atoms with E-state index < -0.39 is 10.5 Å². The second kappa shape index (κ2) is 6.21. The summed E-state index contributed by atoms with van der Waals surface area (Å²) in [5.41, 5.74) is 1.16. The van der Waals surface area contributed by atoms with E-state index in [0.717, 1.165) is 23.7 Å². The van der Waals surface area contributed by atoms with Crippen LogP contribution in [0, 0.1) is 41.4 Å². The number of hydrogen-bond acceptors (Lipinski definition) is 2. The molecule has 0 aromatic heterocycles. The molecule has 24 heavy (non-hydrogen) atoms. The second-order valence-electron chi connectivity index (χ2n) is 7.57. The predicted octanol–water partition coefficient (Wildman–Crippen LogP) is 4.87. The summed E-state index contributed by atoms with van der Waals surface area (Å²) in [6.07, 6.45) is 6.69. The van der Waals surface area contributed by atoms with E-state index in [1.165, 1.54) is 38.2 Å². The molecule has 4 fully saturated rings. The number of carbonyl (C=O) groups excluding carboxylic acids is 2. The average molecular weight is 361 g/mol. The van der Waals surface area contributed by atoms with Gasteiger partial charge in [0.1, 0.15) is 0 Å². The number of rotatable bonds is 2. The molecule has 4 aliphatic rings. The van der Waals surface area contributed by atoms with Gasteiger partial charge in [-0.15, -0.1) is 0 Å². The molecular formula is C20H18Cl2O2. The summed E-state index contributed by atoms with van der Waals surface area (Å²) in [4.78, 5) is 22.9. The maximum Gasteiger partial charge on any atom is 0.252 e. The minimum Gasteiger partial charge on any atom is -0.276 e. The highest BCUT2D eigenvalue weighted by atomic mass is 35.5. The van der Waals surface area contributed by atoms with Gasteiger partial charge in [-0.05, 0) is 97.2 Å². The third kappa shape index (κ3) is 3.01. The van der Waals surface area contributed by atoms with Crippen molar-refractivity contribution in [2.24, 2.45) is 29.6 Å². The zero-order valence-electron chi connectivity index (χ0n) is 13.2. The van der Waals surface area contributed by atoms with E-state index in [-0.39, 0.29) is 11.1 Å². The molecule has 0 spiro atoms. The third-order valence-electron chi connectivity index (χ3n) is 6.00. The molecule has 0 amide bonds. The second-order valence-corrected chi connectivity index (χ2v) is 8.26. The van der Waals surface area contributed by atoms with Crippen LogP contribution in [0.3, 0.4) is 0 Å². The first-order chi connectivity index (χ1) is 11.5. The summed E-state index contributed by atoms with van der Waals surface area (Å²) in [5, 5.41) is -1.21. The largest absolute Gasteiger partial charge is 0.276 e. The van der Waals surface area contributed by atoms with Crippen LogP contribution in [0.15, 0.2) is 18.2 Å². The molecule has 0 N–H and O–H groups in total. The molecule has 0 atom stereocenters. The lowest BCUT2D eigenvalue weighted by Crippen LogP contribution is -2.44. The third-order valence-corrected chi connectivity index (χ3v) is 6.43. The molecule has 4 heteroatoms. The molecule has 4 saturated carbocycles. The highest BCUT2D eigenvalue weighted by Crippen LogP contribution is 2.56. The van der Waals surface area contributed by atoms with Crippen molar-refractivity contribution in [2.45, 2.75) is 32.1 Å². The lowest BCUT2D eigenvalue weighted by atomic mass is 9.52. The quantitative estimate of drug-likeness (QED) is 0.556. The van der Waals surface area contributed by atoms with Gasteiger partial charge in [-0.2, -0.15) is 0 Å². The first-order valence-electron chi connectivity index (χ1n) is 8.56. The molecule has 5 rings (SSSR count). The first kappa shape index (κ1) is 16.2. The molecule has 0 unspecified atom stereocenters. The Labute approximate surface area is 151 Å². The molecule has 1 aromatic rings. The Bertz CT molecular complexity index is 711. The first-order valence-corrected chi connectivity index (χ1v) is 9.31. The van der Waals surface area contributed by atoms with E-state index in [1.54, 1.807) is 12.1 Å². The van der Waals surface area contributed by atoms with Gasteiger partial charge >= 0.3 is 0 Å². The van der Waals surface area contributed by atoms with Gasteiger partial charge < -0.3 is 0 Å². The van der Waals surface area contributed by atoms with Gasteiger partial charge in [0.15, 0.2) is 0 Å². The Morgan fingerprint density at radius 2 is 1.33 bits per heavy atom. The molecule has 4 bridgehead atoms. The van der Waals surface area contributed by atoms with Crippen LogP contribution in [-0.2, 0) is 0 Å². The van der Waals surface area contributed by atoms with Crippen LogP contribution in [-0.4, -0.2) is 10.5 Å². The van der Waals surface area contributed by atoms with E-state index in [4.69, 9.17) is 23.2 Å². The number of hydrogen-bond donors (Lipinski definition) is 0. The molecule has 124 valence electrons. The minimum atomic E-state index is -0.604. The number of carbonyl (C=O) groups is 2. The SMILES string of the molecule is O=C(Cl)c1cc(C#CC2C3CC4CC(C3)CC2C4)cc(C(=O)Cl)c1. The highest BCUT2D eigenvalue weighted by molar-refractivity contribution is 6.69. The van der Waals surface area contributed by atoms with Gasteiger partial charge in [0, 0.05) is 22.6 Å². The highest BCUT2D eigenvalue weighted by Gasteiger charge is 2.47. The van der Waals surface area contributed by atoms with Crippen LogP contribution in [0.1, 0.15) is 58.4 Å². The fourth-order valence-corrected chi connectivity index (χ4v) is 5.47. The maximum absolute atomic E-state index is 11.4. The molecule has 0 aliphatic heterocycles. The molecule has 2 nitrogen and oxygen atoms in total. The fourth-order valence-electron chi connectivity index (χ4n) is 5.25. The van der Waals surface area contributed by atoms with Crippen molar-refractivity contribution in [3.05, 3.63) is 34.9 Å². The Kier molecular flexibility index (Phi) is 4.19. The minimum absolute atomic E-state index is 0.262. The Morgan fingerprint density at radius 3 is 1.79 bits per heavy atom.